The molecule has 3 amide bonds. The Balaban J connectivity index is 1.80. The summed E-state index contributed by atoms with van der Waals surface area (Å²) in [4.78, 5) is 58.9. The van der Waals surface area contributed by atoms with E-state index >= 15 is 0 Å². The Morgan fingerprint density at radius 3 is 2.58 bits per heavy atom. The number of esters is 1. The highest BCUT2D eigenvalue weighted by molar-refractivity contribution is 6.01. The van der Waals surface area contributed by atoms with Crippen LogP contribution < -0.4 is 21.9 Å². The van der Waals surface area contributed by atoms with Gasteiger partial charge >= 0.3 is 17.7 Å². The predicted octanol–water partition coefficient (Wildman–Crippen LogP) is -0.433. The van der Waals surface area contributed by atoms with Crippen molar-refractivity contribution in [2.75, 3.05) is 11.9 Å². The lowest BCUT2D eigenvalue weighted by Crippen LogP contribution is -2.38. The summed E-state index contributed by atoms with van der Waals surface area (Å²) in [6, 6.07) is 5.36. The Kier molecular flexibility index (Phi) is 5.98. The number of benzene rings is 1. The highest BCUT2D eigenvalue weighted by Crippen LogP contribution is 2.11. The molecule has 2 aromatic rings. The van der Waals surface area contributed by atoms with Crippen LogP contribution in [0.4, 0.5) is 14.9 Å². The normalized spacial score (nSPS) is 10.0. The molecule has 2 rings (SSSR count). The number of aromatic amines is 1. The smallest absolute Gasteiger partial charge is 0.328 e. The number of nitrogens with one attached hydrogen (secondary N) is 3. The van der Waals surface area contributed by atoms with Crippen molar-refractivity contribution in [1.29, 1.82) is 0 Å². The number of nitrogens with zero attached hydrogens (tertiary/aromatic N) is 1. The zero-order valence-corrected chi connectivity index (χ0v) is 13.2. The molecule has 26 heavy (non-hydrogen) atoms. The second kappa shape index (κ2) is 8.37. The molecule has 0 fully saturated rings. The van der Waals surface area contributed by atoms with Crippen molar-refractivity contribution in [3.05, 3.63) is 63.2 Å². The van der Waals surface area contributed by atoms with Gasteiger partial charge < -0.3 is 10.1 Å². The molecule has 0 atom stereocenters. The standard InChI is InChI=1S/C15H13FN4O6/c16-9-3-1-2-4-10(9)17-14(24)18-12(22)8-26-13(23)7-20-6-5-11(21)19-15(20)25/h1-6H,7-8H2,(H,19,21,25)(H2,17,18,22,24). The van der Waals surface area contributed by atoms with Gasteiger partial charge in [0.1, 0.15) is 12.4 Å². The topological polar surface area (TPSA) is 139 Å². The number of halogens is 1. The third-order valence-electron chi connectivity index (χ3n) is 2.94. The molecule has 1 aromatic heterocycles. The van der Waals surface area contributed by atoms with Gasteiger partial charge in [-0.1, -0.05) is 12.1 Å². The second-order valence-corrected chi connectivity index (χ2v) is 4.88. The maximum Gasteiger partial charge on any atom is 0.328 e. The number of carbonyl (C=O) groups excluding carboxylic acids is 3. The first-order chi connectivity index (χ1) is 12.3. The van der Waals surface area contributed by atoms with Gasteiger partial charge in [-0.25, -0.2) is 14.0 Å². The van der Waals surface area contributed by atoms with Gasteiger partial charge in [0.25, 0.3) is 11.5 Å². The van der Waals surface area contributed by atoms with Crippen molar-refractivity contribution in [2.24, 2.45) is 0 Å². The third-order valence-corrected chi connectivity index (χ3v) is 2.94. The molecule has 0 radical (unpaired) electrons. The summed E-state index contributed by atoms with van der Waals surface area (Å²) >= 11 is 0. The maximum atomic E-state index is 13.4. The number of para-hydroxylation sites is 1. The van der Waals surface area contributed by atoms with Crippen LogP contribution in [0.15, 0.2) is 46.1 Å². The van der Waals surface area contributed by atoms with Gasteiger partial charge in [0.05, 0.1) is 5.69 Å². The van der Waals surface area contributed by atoms with Crippen LogP contribution in [0.2, 0.25) is 0 Å². The highest BCUT2D eigenvalue weighted by Gasteiger charge is 2.13. The van der Waals surface area contributed by atoms with E-state index in [0.717, 1.165) is 22.9 Å². The lowest BCUT2D eigenvalue weighted by molar-refractivity contribution is -0.148. The van der Waals surface area contributed by atoms with E-state index in [1.165, 1.54) is 18.2 Å². The van der Waals surface area contributed by atoms with Crippen LogP contribution in [0.5, 0.6) is 0 Å². The third kappa shape index (κ3) is 5.40. The van der Waals surface area contributed by atoms with Gasteiger partial charge in [-0.15, -0.1) is 0 Å². The van der Waals surface area contributed by atoms with Crippen LogP contribution in [0.3, 0.4) is 0 Å². The fourth-order valence-electron chi connectivity index (χ4n) is 1.78. The largest absolute Gasteiger partial charge is 0.454 e. The number of amides is 3. The van der Waals surface area contributed by atoms with E-state index in [-0.39, 0.29) is 5.69 Å². The zero-order valence-electron chi connectivity index (χ0n) is 13.2. The monoisotopic (exact) mass is 364 g/mol. The molecule has 11 heteroatoms. The van der Waals surface area contributed by atoms with Gasteiger partial charge in [-0.3, -0.25) is 29.3 Å². The highest BCUT2D eigenvalue weighted by atomic mass is 19.1. The fraction of sp³-hybridized carbons (Fsp3) is 0.133. The number of urea groups is 1. The quantitative estimate of drug-likeness (QED) is 0.615. The lowest BCUT2D eigenvalue weighted by atomic mass is 10.3. The summed E-state index contributed by atoms with van der Waals surface area (Å²) in [6.45, 7) is -1.33. The summed E-state index contributed by atoms with van der Waals surface area (Å²) in [5.74, 6) is -2.59. The van der Waals surface area contributed by atoms with Crippen molar-refractivity contribution in [3.63, 3.8) is 0 Å². The molecule has 0 aliphatic carbocycles. The van der Waals surface area contributed by atoms with Crippen LogP contribution in [-0.2, 0) is 20.9 Å². The first-order valence-corrected chi connectivity index (χ1v) is 7.16. The molecule has 10 nitrogen and oxygen atoms in total. The Hall–Kier alpha value is -3.76. The Morgan fingerprint density at radius 2 is 1.88 bits per heavy atom. The number of imide groups is 1. The SMILES string of the molecule is O=C(COC(=O)Cn1ccc(=O)[nH]c1=O)NC(=O)Nc1ccccc1F. The van der Waals surface area contributed by atoms with Crippen molar-refractivity contribution >= 4 is 23.6 Å². The molecule has 0 saturated carbocycles. The molecule has 0 aliphatic rings. The minimum absolute atomic E-state index is 0.132. The average Bonchev–Trinajstić information content (AvgIpc) is 2.57. The Labute approximate surface area is 144 Å². The van der Waals surface area contributed by atoms with Crippen molar-refractivity contribution in [2.45, 2.75) is 6.54 Å². The predicted molar refractivity (Wildman–Crippen MR) is 85.8 cm³/mol. The molecule has 1 heterocycles. The molecular weight excluding hydrogens is 351 g/mol. The van der Waals surface area contributed by atoms with Gasteiger partial charge in [0.2, 0.25) is 0 Å². The number of H-pyrrole nitrogens is 1. The number of rotatable bonds is 5. The molecule has 0 unspecified atom stereocenters. The first-order valence-electron chi connectivity index (χ1n) is 7.16. The van der Waals surface area contributed by atoms with Crippen LogP contribution in [0, 0.1) is 5.82 Å². The number of aromatic nitrogens is 2. The van der Waals surface area contributed by atoms with E-state index in [4.69, 9.17) is 0 Å². The van der Waals surface area contributed by atoms with Crippen LogP contribution >= 0.6 is 0 Å². The van der Waals surface area contributed by atoms with E-state index in [2.05, 4.69) is 10.1 Å². The van der Waals surface area contributed by atoms with Crippen LogP contribution in [0.25, 0.3) is 0 Å². The summed E-state index contributed by atoms with van der Waals surface area (Å²) in [6.07, 6.45) is 1.09. The molecule has 0 saturated heterocycles. The van der Waals surface area contributed by atoms with E-state index < -0.39 is 48.1 Å². The van der Waals surface area contributed by atoms with E-state index in [1.54, 1.807) is 0 Å². The van der Waals surface area contributed by atoms with Gasteiger partial charge in [-0.2, -0.15) is 0 Å². The lowest BCUT2D eigenvalue weighted by Gasteiger charge is -2.08. The van der Waals surface area contributed by atoms with Gasteiger partial charge in [-0.05, 0) is 12.1 Å². The van der Waals surface area contributed by atoms with Crippen molar-refractivity contribution in [3.8, 4) is 0 Å². The molecular formula is C15H13FN4O6. The number of hydrogen-bond acceptors (Lipinski definition) is 6. The van der Waals surface area contributed by atoms with Crippen molar-refractivity contribution < 1.29 is 23.5 Å². The van der Waals surface area contributed by atoms with Gasteiger partial charge in [0, 0.05) is 12.3 Å². The average molecular weight is 364 g/mol. The molecule has 0 bridgehead atoms. The number of hydrogen-bond donors (Lipinski definition) is 3. The number of anilines is 1. The minimum Gasteiger partial charge on any atom is -0.454 e. The second-order valence-electron chi connectivity index (χ2n) is 4.88. The maximum absolute atomic E-state index is 13.4. The molecule has 0 aliphatic heterocycles. The molecule has 136 valence electrons. The van der Waals surface area contributed by atoms with Crippen LogP contribution in [-0.4, -0.2) is 34.1 Å². The van der Waals surface area contributed by atoms with E-state index in [0.29, 0.717) is 0 Å². The number of carbonyl (C=O) groups is 3. The van der Waals surface area contributed by atoms with Crippen LogP contribution in [0.1, 0.15) is 0 Å². The van der Waals surface area contributed by atoms with E-state index in [9.17, 15) is 28.4 Å². The molecule has 0 spiro atoms. The van der Waals surface area contributed by atoms with E-state index in [1.807, 2.05) is 10.3 Å². The minimum atomic E-state index is -1.01. The summed E-state index contributed by atoms with van der Waals surface area (Å²) in [7, 11) is 0. The molecule has 1 aromatic carbocycles. The Morgan fingerprint density at radius 1 is 1.15 bits per heavy atom. The molecule has 3 N–H and O–H groups in total. The first kappa shape index (κ1) is 18.6. The summed E-state index contributed by atoms with van der Waals surface area (Å²) < 4.78 is 18.8. The van der Waals surface area contributed by atoms with Gasteiger partial charge in [0.15, 0.2) is 6.61 Å². The zero-order chi connectivity index (χ0) is 19.1. The Bertz CT molecular complexity index is 951. The van der Waals surface area contributed by atoms with Crippen molar-refractivity contribution in [1.82, 2.24) is 14.9 Å². The fourth-order valence-corrected chi connectivity index (χ4v) is 1.78. The number of ether oxygens (including phenoxy) is 1. The summed E-state index contributed by atoms with van der Waals surface area (Å²) in [5, 5.41) is 3.96. The summed E-state index contributed by atoms with van der Waals surface area (Å²) in [5.41, 5.74) is -1.57.